The quantitative estimate of drug-likeness (QED) is 0.780. The Kier molecular flexibility index (Phi) is 3.21. The molecule has 0 spiro atoms. The monoisotopic (exact) mass is 193 g/mol. The predicted octanol–water partition coefficient (Wildman–Crippen LogP) is 1.98. The summed E-state index contributed by atoms with van der Waals surface area (Å²) >= 11 is 0. The van der Waals surface area contributed by atoms with E-state index in [1.807, 2.05) is 19.9 Å². The van der Waals surface area contributed by atoms with Gasteiger partial charge in [0.2, 0.25) is 0 Å². The SMILES string of the molecule is Cc1cc(CNC(C)(C)C)nc(C)n1. The van der Waals surface area contributed by atoms with E-state index in [2.05, 4.69) is 36.1 Å². The molecule has 3 heteroatoms. The Balaban J connectivity index is 2.68. The maximum atomic E-state index is 4.36. The minimum atomic E-state index is 0.132. The topological polar surface area (TPSA) is 37.8 Å². The van der Waals surface area contributed by atoms with Crippen LogP contribution in [0.3, 0.4) is 0 Å². The first-order valence-corrected chi connectivity index (χ1v) is 4.93. The van der Waals surface area contributed by atoms with Crippen LogP contribution in [0.15, 0.2) is 6.07 Å². The van der Waals surface area contributed by atoms with Gasteiger partial charge in [0.1, 0.15) is 5.82 Å². The molecule has 1 aromatic rings. The van der Waals surface area contributed by atoms with E-state index in [9.17, 15) is 0 Å². The van der Waals surface area contributed by atoms with Crippen LogP contribution in [0.1, 0.15) is 38.0 Å². The molecule has 0 aliphatic carbocycles. The van der Waals surface area contributed by atoms with E-state index in [-0.39, 0.29) is 5.54 Å². The Morgan fingerprint density at radius 1 is 1.21 bits per heavy atom. The predicted molar refractivity (Wildman–Crippen MR) is 58.1 cm³/mol. The third-order valence-electron chi connectivity index (χ3n) is 1.82. The summed E-state index contributed by atoms with van der Waals surface area (Å²) in [6, 6.07) is 2.02. The summed E-state index contributed by atoms with van der Waals surface area (Å²) < 4.78 is 0. The van der Waals surface area contributed by atoms with Gasteiger partial charge in [-0.15, -0.1) is 0 Å². The van der Waals surface area contributed by atoms with Crippen molar-refractivity contribution in [1.82, 2.24) is 15.3 Å². The van der Waals surface area contributed by atoms with E-state index in [0.29, 0.717) is 0 Å². The normalized spacial score (nSPS) is 11.8. The molecule has 0 saturated carbocycles. The number of rotatable bonds is 2. The lowest BCUT2D eigenvalue weighted by Crippen LogP contribution is -2.35. The first-order valence-electron chi connectivity index (χ1n) is 4.93. The van der Waals surface area contributed by atoms with Crippen molar-refractivity contribution in [2.75, 3.05) is 0 Å². The molecule has 0 aromatic carbocycles. The van der Waals surface area contributed by atoms with Crippen molar-refractivity contribution in [3.05, 3.63) is 23.3 Å². The highest BCUT2D eigenvalue weighted by molar-refractivity contribution is 5.09. The van der Waals surface area contributed by atoms with Gasteiger partial charge in [-0.25, -0.2) is 9.97 Å². The minimum absolute atomic E-state index is 0.132. The highest BCUT2D eigenvalue weighted by atomic mass is 15.0. The van der Waals surface area contributed by atoms with Gasteiger partial charge in [0, 0.05) is 17.8 Å². The Labute approximate surface area is 86.0 Å². The fraction of sp³-hybridized carbons (Fsp3) is 0.636. The molecule has 0 bridgehead atoms. The summed E-state index contributed by atoms with van der Waals surface area (Å²) in [5, 5.41) is 3.40. The number of hydrogen-bond donors (Lipinski definition) is 1. The minimum Gasteiger partial charge on any atom is -0.306 e. The second kappa shape index (κ2) is 4.05. The molecule has 3 nitrogen and oxygen atoms in total. The van der Waals surface area contributed by atoms with Crippen LogP contribution >= 0.6 is 0 Å². The van der Waals surface area contributed by atoms with Crippen LogP contribution in [0.4, 0.5) is 0 Å². The molecule has 0 atom stereocenters. The van der Waals surface area contributed by atoms with Gasteiger partial charge in [0.15, 0.2) is 0 Å². The van der Waals surface area contributed by atoms with Gasteiger partial charge in [-0.1, -0.05) is 0 Å². The Bertz CT molecular complexity index is 293. The number of nitrogens with one attached hydrogen (secondary N) is 1. The third kappa shape index (κ3) is 3.83. The summed E-state index contributed by atoms with van der Waals surface area (Å²) in [6.07, 6.45) is 0. The van der Waals surface area contributed by atoms with Crippen molar-refractivity contribution >= 4 is 0 Å². The van der Waals surface area contributed by atoms with Crippen molar-refractivity contribution in [3.63, 3.8) is 0 Å². The van der Waals surface area contributed by atoms with E-state index in [0.717, 1.165) is 23.8 Å². The average Bonchev–Trinajstić information content (AvgIpc) is 1.97. The molecule has 1 rings (SSSR count). The second-order valence-electron chi connectivity index (χ2n) is 4.65. The molecule has 0 saturated heterocycles. The number of hydrogen-bond acceptors (Lipinski definition) is 3. The molecule has 1 aromatic heterocycles. The third-order valence-corrected chi connectivity index (χ3v) is 1.82. The van der Waals surface area contributed by atoms with Gasteiger partial charge in [0.05, 0.1) is 5.69 Å². The highest BCUT2D eigenvalue weighted by Gasteiger charge is 2.09. The molecular formula is C11H19N3. The maximum Gasteiger partial charge on any atom is 0.125 e. The number of aromatic nitrogens is 2. The molecule has 14 heavy (non-hydrogen) atoms. The number of aryl methyl sites for hydroxylation is 2. The van der Waals surface area contributed by atoms with Crippen LogP contribution in [0, 0.1) is 13.8 Å². The van der Waals surface area contributed by atoms with Gasteiger partial charge in [-0.2, -0.15) is 0 Å². The van der Waals surface area contributed by atoms with E-state index in [4.69, 9.17) is 0 Å². The van der Waals surface area contributed by atoms with Crippen LogP contribution in [0.25, 0.3) is 0 Å². The highest BCUT2D eigenvalue weighted by Crippen LogP contribution is 2.04. The maximum absolute atomic E-state index is 4.36. The zero-order chi connectivity index (χ0) is 10.8. The van der Waals surface area contributed by atoms with Crippen molar-refractivity contribution < 1.29 is 0 Å². The fourth-order valence-electron chi connectivity index (χ4n) is 1.24. The standard InChI is InChI=1S/C11H19N3/c1-8-6-10(14-9(2)13-8)7-12-11(3,4)5/h6,12H,7H2,1-5H3. The summed E-state index contributed by atoms with van der Waals surface area (Å²) in [5.41, 5.74) is 2.22. The molecular weight excluding hydrogens is 174 g/mol. The van der Waals surface area contributed by atoms with Crippen LogP contribution in [0.5, 0.6) is 0 Å². The van der Waals surface area contributed by atoms with E-state index in [1.165, 1.54) is 0 Å². The van der Waals surface area contributed by atoms with Crippen molar-refractivity contribution in [3.8, 4) is 0 Å². The Morgan fingerprint density at radius 3 is 2.36 bits per heavy atom. The average molecular weight is 193 g/mol. The largest absolute Gasteiger partial charge is 0.306 e. The summed E-state index contributed by atoms with van der Waals surface area (Å²) in [7, 11) is 0. The molecule has 0 aliphatic heterocycles. The summed E-state index contributed by atoms with van der Waals surface area (Å²) in [6.45, 7) is 11.2. The molecule has 0 fully saturated rings. The molecule has 1 heterocycles. The van der Waals surface area contributed by atoms with Crippen molar-refractivity contribution in [1.29, 1.82) is 0 Å². The van der Waals surface area contributed by atoms with Crippen LogP contribution < -0.4 is 5.32 Å². The van der Waals surface area contributed by atoms with Gasteiger partial charge < -0.3 is 5.32 Å². The zero-order valence-corrected chi connectivity index (χ0v) is 9.68. The summed E-state index contributed by atoms with van der Waals surface area (Å²) in [4.78, 5) is 8.60. The van der Waals surface area contributed by atoms with E-state index >= 15 is 0 Å². The smallest absolute Gasteiger partial charge is 0.125 e. The van der Waals surface area contributed by atoms with Gasteiger partial charge in [-0.3, -0.25) is 0 Å². The fourth-order valence-corrected chi connectivity index (χ4v) is 1.24. The summed E-state index contributed by atoms with van der Waals surface area (Å²) in [5.74, 6) is 0.843. The molecule has 0 radical (unpaired) electrons. The van der Waals surface area contributed by atoms with Crippen molar-refractivity contribution in [2.45, 2.75) is 46.7 Å². The van der Waals surface area contributed by atoms with Gasteiger partial charge >= 0.3 is 0 Å². The van der Waals surface area contributed by atoms with Crippen LogP contribution in [-0.2, 0) is 6.54 Å². The molecule has 78 valence electrons. The lowest BCUT2D eigenvalue weighted by Gasteiger charge is -2.20. The molecule has 0 unspecified atom stereocenters. The van der Waals surface area contributed by atoms with Crippen molar-refractivity contribution in [2.24, 2.45) is 0 Å². The molecule has 0 amide bonds. The molecule has 0 aliphatic rings. The lowest BCUT2D eigenvalue weighted by molar-refractivity contribution is 0.420. The van der Waals surface area contributed by atoms with Crippen LogP contribution in [0.2, 0.25) is 0 Å². The Morgan fingerprint density at radius 2 is 1.86 bits per heavy atom. The first kappa shape index (κ1) is 11.1. The van der Waals surface area contributed by atoms with Gasteiger partial charge in [-0.05, 0) is 40.7 Å². The van der Waals surface area contributed by atoms with E-state index in [1.54, 1.807) is 0 Å². The second-order valence-corrected chi connectivity index (χ2v) is 4.65. The van der Waals surface area contributed by atoms with E-state index < -0.39 is 0 Å². The Hall–Kier alpha value is -0.960. The molecule has 1 N–H and O–H groups in total. The first-order chi connectivity index (χ1) is 6.37. The van der Waals surface area contributed by atoms with Gasteiger partial charge in [0.25, 0.3) is 0 Å². The van der Waals surface area contributed by atoms with Crippen LogP contribution in [-0.4, -0.2) is 15.5 Å². The zero-order valence-electron chi connectivity index (χ0n) is 9.68. The number of nitrogens with zero attached hydrogens (tertiary/aromatic N) is 2. The lowest BCUT2D eigenvalue weighted by atomic mass is 10.1.